The number of carbonyl (C=O) groups is 1. The molecule has 0 aliphatic carbocycles. The lowest BCUT2D eigenvalue weighted by Crippen LogP contribution is -2.31. The normalized spacial score (nSPS) is 12.9. The Kier molecular flexibility index (Phi) is 6.80. The van der Waals surface area contributed by atoms with Gasteiger partial charge in [0.05, 0.1) is 11.0 Å². The minimum absolute atomic E-state index is 0.0516. The highest BCUT2D eigenvalue weighted by molar-refractivity contribution is 7.89. The first-order valence-electron chi connectivity index (χ1n) is 6.91. The summed E-state index contributed by atoms with van der Waals surface area (Å²) in [5.74, 6) is -0.177. The molecule has 0 heterocycles. The summed E-state index contributed by atoms with van der Waals surface area (Å²) >= 11 is 0. The summed E-state index contributed by atoms with van der Waals surface area (Å²) in [6.45, 7) is 4.19. The van der Waals surface area contributed by atoms with E-state index in [9.17, 15) is 18.3 Å². The Morgan fingerprint density at radius 1 is 1.24 bits per heavy atom. The number of nitrogens with one attached hydrogen (secondary N) is 2. The molecule has 1 atom stereocenters. The van der Waals surface area contributed by atoms with E-state index in [1.165, 1.54) is 12.1 Å². The van der Waals surface area contributed by atoms with Crippen LogP contribution in [0.4, 0.5) is 0 Å². The number of rotatable bonds is 8. The van der Waals surface area contributed by atoms with Crippen LogP contribution in [-0.2, 0) is 14.8 Å². The van der Waals surface area contributed by atoms with E-state index in [0.29, 0.717) is 12.1 Å². The smallest absolute Gasteiger partial charge is 0.240 e. The van der Waals surface area contributed by atoms with Crippen LogP contribution >= 0.6 is 0 Å². The van der Waals surface area contributed by atoms with Gasteiger partial charge in [0.2, 0.25) is 15.9 Å². The number of aliphatic hydroxyl groups is 1. The van der Waals surface area contributed by atoms with Crippen LogP contribution in [0.15, 0.2) is 29.2 Å². The molecule has 0 aromatic heterocycles. The molecule has 3 N–H and O–H groups in total. The fraction of sp³-hybridized carbons (Fsp3) is 0.500. The molecule has 0 aliphatic rings. The summed E-state index contributed by atoms with van der Waals surface area (Å²) in [6, 6.07) is 5.99. The zero-order chi connectivity index (χ0) is 15.9. The van der Waals surface area contributed by atoms with Crippen molar-refractivity contribution in [3.8, 4) is 0 Å². The molecule has 0 fully saturated rings. The number of carbonyl (C=O) groups excluding carboxylic acids is 1. The van der Waals surface area contributed by atoms with Crippen LogP contribution in [0.1, 0.15) is 38.4 Å². The van der Waals surface area contributed by atoms with Gasteiger partial charge in [0.25, 0.3) is 0 Å². The van der Waals surface area contributed by atoms with Gasteiger partial charge in [0, 0.05) is 19.5 Å². The minimum atomic E-state index is -3.63. The van der Waals surface area contributed by atoms with Gasteiger partial charge >= 0.3 is 0 Å². The number of hydrogen-bond acceptors (Lipinski definition) is 4. The minimum Gasteiger partial charge on any atom is -0.389 e. The zero-order valence-electron chi connectivity index (χ0n) is 12.3. The van der Waals surface area contributed by atoms with Crippen molar-refractivity contribution in [1.29, 1.82) is 0 Å². The highest BCUT2D eigenvalue weighted by Gasteiger charge is 2.14. The second-order valence-corrected chi connectivity index (χ2v) is 6.51. The van der Waals surface area contributed by atoms with Crippen LogP contribution in [-0.4, -0.2) is 32.5 Å². The number of benzene rings is 1. The summed E-state index contributed by atoms with van der Waals surface area (Å²) in [6.07, 6.45) is 0.301. The van der Waals surface area contributed by atoms with Crippen molar-refractivity contribution in [2.75, 3.05) is 13.1 Å². The molecule has 0 aliphatic heterocycles. The fourth-order valence-corrected chi connectivity index (χ4v) is 2.69. The summed E-state index contributed by atoms with van der Waals surface area (Å²) in [7, 11) is -3.63. The van der Waals surface area contributed by atoms with Crippen molar-refractivity contribution in [2.24, 2.45) is 0 Å². The Morgan fingerprint density at radius 2 is 1.86 bits per heavy atom. The highest BCUT2D eigenvalue weighted by atomic mass is 32.2. The van der Waals surface area contributed by atoms with Crippen LogP contribution < -0.4 is 10.0 Å². The van der Waals surface area contributed by atoms with Gasteiger partial charge < -0.3 is 10.4 Å². The lowest BCUT2D eigenvalue weighted by atomic mass is 10.1. The summed E-state index contributed by atoms with van der Waals surface area (Å²) < 4.78 is 26.4. The molecular formula is C14H22N2O4S. The van der Waals surface area contributed by atoms with Gasteiger partial charge in [-0.25, -0.2) is 13.1 Å². The molecule has 0 radical (unpaired) electrons. The van der Waals surface area contributed by atoms with Crippen LogP contribution in [0, 0.1) is 0 Å². The SMILES string of the molecule is CCCNC(=O)CCNS(=O)(=O)c1ccc(C(C)O)cc1. The summed E-state index contributed by atoms with van der Waals surface area (Å²) in [5.41, 5.74) is 0.646. The molecule has 0 saturated heterocycles. The van der Waals surface area contributed by atoms with E-state index in [-0.39, 0.29) is 23.8 Å². The highest BCUT2D eigenvalue weighted by Crippen LogP contribution is 2.15. The predicted molar refractivity (Wildman–Crippen MR) is 80.2 cm³/mol. The Hall–Kier alpha value is -1.44. The Bertz CT molecular complexity index is 553. The first-order chi connectivity index (χ1) is 9.86. The standard InChI is InChI=1S/C14H22N2O4S/c1-3-9-15-14(18)8-10-16-21(19,20)13-6-4-12(5-7-13)11(2)17/h4-7,11,16-17H,3,8-10H2,1-2H3,(H,15,18). The monoisotopic (exact) mass is 314 g/mol. The molecule has 1 rings (SSSR count). The summed E-state index contributed by atoms with van der Waals surface area (Å²) in [4.78, 5) is 11.5. The van der Waals surface area contributed by atoms with E-state index in [0.717, 1.165) is 6.42 Å². The molecule has 0 saturated carbocycles. The third kappa shape index (κ3) is 5.82. The second-order valence-electron chi connectivity index (χ2n) is 4.74. The van der Waals surface area contributed by atoms with Crippen molar-refractivity contribution in [3.63, 3.8) is 0 Å². The van der Waals surface area contributed by atoms with E-state index in [2.05, 4.69) is 10.0 Å². The molecule has 0 bridgehead atoms. The maximum atomic E-state index is 12.0. The predicted octanol–water partition coefficient (Wildman–Crippen LogP) is 0.934. The molecule has 21 heavy (non-hydrogen) atoms. The van der Waals surface area contributed by atoms with Crippen LogP contribution in [0.3, 0.4) is 0 Å². The van der Waals surface area contributed by atoms with Gasteiger partial charge in [0.1, 0.15) is 0 Å². The number of hydrogen-bond donors (Lipinski definition) is 3. The zero-order valence-corrected chi connectivity index (χ0v) is 13.1. The Morgan fingerprint density at radius 3 is 2.38 bits per heavy atom. The molecule has 1 unspecified atom stereocenters. The van der Waals surface area contributed by atoms with Gasteiger partial charge in [-0.3, -0.25) is 4.79 Å². The van der Waals surface area contributed by atoms with Gasteiger partial charge in [-0.2, -0.15) is 0 Å². The second kappa shape index (κ2) is 8.11. The Balaban J connectivity index is 2.55. The molecule has 7 heteroatoms. The summed E-state index contributed by atoms with van der Waals surface area (Å²) in [5, 5.41) is 12.1. The fourth-order valence-electron chi connectivity index (χ4n) is 1.66. The molecule has 0 spiro atoms. The molecule has 1 aromatic rings. The van der Waals surface area contributed by atoms with E-state index >= 15 is 0 Å². The number of sulfonamides is 1. The van der Waals surface area contributed by atoms with E-state index in [4.69, 9.17) is 0 Å². The van der Waals surface area contributed by atoms with Crippen molar-refractivity contribution < 1.29 is 18.3 Å². The van der Waals surface area contributed by atoms with Gasteiger partial charge in [-0.1, -0.05) is 19.1 Å². The van der Waals surface area contributed by atoms with E-state index in [1.54, 1.807) is 19.1 Å². The van der Waals surface area contributed by atoms with E-state index in [1.807, 2.05) is 6.92 Å². The third-order valence-electron chi connectivity index (χ3n) is 2.89. The molecule has 118 valence electrons. The van der Waals surface area contributed by atoms with Gasteiger partial charge in [0.15, 0.2) is 0 Å². The average Bonchev–Trinajstić information content (AvgIpc) is 2.45. The van der Waals surface area contributed by atoms with Crippen molar-refractivity contribution in [3.05, 3.63) is 29.8 Å². The first kappa shape index (κ1) is 17.6. The first-order valence-corrected chi connectivity index (χ1v) is 8.39. The van der Waals surface area contributed by atoms with E-state index < -0.39 is 16.1 Å². The average molecular weight is 314 g/mol. The van der Waals surface area contributed by atoms with Crippen molar-refractivity contribution in [2.45, 2.75) is 37.7 Å². The van der Waals surface area contributed by atoms with Gasteiger partial charge in [-0.05, 0) is 31.0 Å². The molecular weight excluding hydrogens is 292 g/mol. The third-order valence-corrected chi connectivity index (χ3v) is 4.37. The number of amides is 1. The lowest BCUT2D eigenvalue weighted by Gasteiger charge is -2.09. The maximum Gasteiger partial charge on any atom is 0.240 e. The maximum absolute atomic E-state index is 12.0. The van der Waals surface area contributed by atoms with Crippen LogP contribution in [0.2, 0.25) is 0 Å². The Labute approximate surface area is 125 Å². The van der Waals surface area contributed by atoms with Crippen molar-refractivity contribution >= 4 is 15.9 Å². The quantitative estimate of drug-likeness (QED) is 0.665. The van der Waals surface area contributed by atoms with Crippen LogP contribution in [0.5, 0.6) is 0 Å². The molecule has 1 aromatic carbocycles. The number of aliphatic hydroxyl groups excluding tert-OH is 1. The van der Waals surface area contributed by atoms with Gasteiger partial charge in [-0.15, -0.1) is 0 Å². The molecule has 6 nitrogen and oxygen atoms in total. The largest absolute Gasteiger partial charge is 0.389 e. The topological polar surface area (TPSA) is 95.5 Å². The molecule has 1 amide bonds. The van der Waals surface area contributed by atoms with Crippen molar-refractivity contribution in [1.82, 2.24) is 10.0 Å². The lowest BCUT2D eigenvalue weighted by molar-refractivity contribution is -0.120. The van der Waals surface area contributed by atoms with Crippen LogP contribution in [0.25, 0.3) is 0 Å².